The Morgan fingerprint density at radius 2 is 1.86 bits per heavy atom. The minimum absolute atomic E-state index is 0.199. The first-order valence-electron chi connectivity index (χ1n) is 6.91. The Balaban J connectivity index is 2.39. The van der Waals surface area contributed by atoms with Crippen LogP contribution < -0.4 is 10.0 Å². The number of amides is 2. The summed E-state index contributed by atoms with van der Waals surface area (Å²) in [5.41, 5.74) is 0.831. The second-order valence-electron chi connectivity index (χ2n) is 5.09. The van der Waals surface area contributed by atoms with Crippen molar-refractivity contribution in [2.45, 2.75) is 19.4 Å². The highest BCUT2D eigenvalue weighted by Gasteiger charge is 2.16. The third-order valence-corrected chi connectivity index (χ3v) is 3.98. The summed E-state index contributed by atoms with van der Waals surface area (Å²) in [5.74, 6) is -0.318. The Kier molecular flexibility index (Phi) is 6.76. The van der Waals surface area contributed by atoms with Crippen molar-refractivity contribution >= 4 is 16.1 Å². The van der Waals surface area contributed by atoms with Crippen molar-refractivity contribution in [3.63, 3.8) is 0 Å². The van der Waals surface area contributed by atoms with Crippen LogP contribution in [0.5, 0.6) is 0 Å². The van der Waals surface area contributed by atoms with Gasteiger partial charge in [-0.1, -0.05) is 12.1 Å². The Bertz CT molecular complexity index is 590. The molecule has 0 bridgehead atoms. The molecule has 1 rings (SSSR count). The van der Waals surface area contributed by atoms with Crippen molar-refractivity contribution < 1.29 is 17.6 Å². The maximum absolute atomic E-state index is 12.9. The van der Waals surface area contributed by atoms with Gasteiger partial charge in [0, 0.05) is 20.1 Å². The molecule has 0 saturated heterocycles. The Labute approximate surface area is 130 Å². The predicted octanol–water partition coefficient (Wildman–Crippen LogP) is 1.47. The standard InChI is InChI=1S/C14H22FN3O3S/c1-11(12-5-7-13(15)8-6-12)18(2)14(19)16-9-4-10-17-22(3,20)21/h5-8,11,17H,4,9-10H2,1-3H3,(H,16,19). The number of carbonyl (C=O) groups is 1. The van der Waals surface area contributed by atoms with Gasteiger partial charge in [0.2, 0.25) is 10.0 Å². The molecule has 0 fully saturated rings. The summed E-state index contributed by atoms with van der Waals surface area (Å²) in [4.78, 5) is 13.5. The first-order chi connectivity index (χ1) is 10.2. The van der Waals surface area contributed by atoms with Gasteiger partial charge in [-0.15, -0.1) is 0 Å². The van der Waals surface area contributed by atoms with Gasteiger partial charge in [-0.3, -0.25) is 0 Å². The summed E-state index contributed by atoms with van der Waals surface area (Å²) < 4.78 is 37.0. The third kappa shape index (κ3) is 6.40. The van der Waals surface area contributed by atoms with E-state index in [2.05, 4.69) is 10.0 Å². The summed E-state index contributed by atoms with van der Waals surface area (Å²) >= 11 is 0. The number of benzene rings is 1. The van der Waals surface area contributed by atoms with Crippen molar-refractivity contribution in [2.75, 3.05) is 26.4 Å². The zero-order valence-electron chi connectivity index (χ0n) is 13.0. The van der Waals surface area contributed by atoms with E-state index in [1.165, 1.54) is 17.0 Å². The molecule has 0 saturated carbocycles. The van der Waals surface area contributed by atoms with Gasteiger partial charge < -0.3 is 10.2 Å². The van der Waals surface area contributed by atoms with Crippen LogP contribution in [-0.2, 0) is 10.0 Å². The third-order valence-electron chi connectivity index (χ3n) is 3.25. The van der Waals surface area contributed by atoms with Gasteiger partial charge in [-0.2, -0.15) is 0 Å². The zero-order valence-corrected chi connectivity index (χ0v) is 13.8. The van der Waals surface area contributed by atoms with Gasteiger partial charge in [0.15, 0.2) is 0 Å². The first-order valence-corrected chi connectivity index (χ1v) is 8.80. The lowest BCUT2D eigenvalue weighted by atomic mass is 10.1. The van der Waals surface area contributed by atoms with Crippen LogP contribution in [0.3, 0.4) is 0 Å². The number of nitrogens with zero attached hydrogens (tertiary/aromatic N) is 1. The lowest BCUT2D eigenvalue weighted by Crippen LogP contribution is -2.39. The highest BCUT2D eigenvalue weighted by atomic mass is 32.2. The van der Waals surface area contributed by atoms with E-state index in [0.717, 1.165) is 11.8 Å². The van der Waals surface area contributed by atoms with E-state index < -0.39 is 10.0 Å². The van der Waals surface area contributed by atoms with E-state index in [1.807, 2.05) is 6.92 Å². The zero-order chi connectivity index (χ0) is 16.8. The number of hydrogen-bond donors (Lipinski definition) is 2. The van der Waals surface area contributed by atoms with Crippen LogP contribution in [0, 0.1) is 5.82 Å². The number of sulfonamides is 1. The smallest absolute Gasteiger partial charge is 0.317 e. The van der Waals surface area contributed by atoms with Crippen molar-refractivity contribution in [1.82, 2.24) is 14.9 Å². The quantitative estimate of drug-likeness (QED) is 0.743. The minimum atomic E-state index is -3.20. The predicted molar refractivity (Wildman–Crippen MR) is 83.4 cm³/mol. The van der Waals surface area contributed by atoms with Gasteiger partial charge in [0.25, 0.3) is 0 Å². The van der Waals surface area contributed by atoms with E-state index in [-0.39, 0.29) is 24.4 Å². The van der Waals surface area contributed by atoms with E-state index in [4.69, 9.17) is 0 Å². The Morgan fingerprint density at radius 1 is 1.27 bits per heavy atom. The van der Waals surface area contributed by atoms with E-state index in [0.29, 0.717) is 13.0 Å². The number of urea groups is 1. The molecule has 22 heavy (non-hydrogen) atoms. The van der Waals surface area contributed by atoms with Crippen LogP contribution in [0.1, 0.15) is 24.9 Å². The van der Waals surface area contributed by atoms with Crippen molar-refractivity contribution in [2.24, 2.45) is 0 Å². The molecule has 0 aromatic heterocycles. The number of rotatable bonds is 7. The van der Waals surface area contributed by atoms with E-state index in [9.17, 15) is 17.6 Å². The minimum Gasteiger partial charge on any atom is -0.338 e. The van der Waals surface area contributed by atoms with Crippen molar-refractivity contribution in [3.8, 4) is 0 Å². The van der Waals surface area contributed by atoms with Gasteiger partial charge in [-0.05, 0) is 31.0 Å². The summed E-state index contributed by atoms with van der Waals surface area (Å²) in [6.45, 7) is 2.48. The molecule has 0 spiro atoms. The second-order valence-corrected chi connectivity index (χ2v) is 6.92. The van der Waals surface area contributed by atoms with Gasteiger partial charge >= 0.3 is 6.03 Å². The number of halogens is 1. The van der Waals surface area contributed by atoms with Crippen LogP contribution in [0.4, 0.5) is 9.18 Å². The topological polar surface area (TPSA) is 78.5 Å². The van der Waals surface area contributed by atoms with E-state index >= 15 is 0 Å². The fourth-order valence-electron chi connectivity index (χ4n) is 1.81. The molecule has 0 aliphatic heterocycles. The van der Waals surface area contributed by atoms with Crippen LogP contribution in [0.25, 0.3) is 0 Å². The fourth-order valence-corrected chi connectivity index (χ4v) is 2.32. The largest absolute Gasteiger partial charge is 0.338 e. The SMILES string of the molecule is CC(c1ccc(F)cc1)N(C)C(=O)NCCCNS(C)(=O)=O. The summed E-state index contributed by atoms with van der Waals surface area (Å²) in [7, 11) is -1.55. The molecule has 0 heterocycles. The highest BCUT2D eigenvalue weighted by molar-refractivity contribution is 7.88. The molecule has 6 nitrogen and oxygen atoms in total. The molecule has 1 aromatic carbocycles. The van der Waals surface area contributed by atoms with E-state index in [1.54, 1.807) is 19.2 Å². The molecule has 1 aromatic rings. The monoisotopic (exact) mass is 331 g/mol. The fraction of sp³-hybridized carbons (Fsp3) is 0.500. The number of nitrogens with one attached hydrogen (secondary N) is 2. The second kappa shape index (κ2) is 8.09. The van der Waals surface area contributed by atoms with Gasteiger partial charge in [0.05, 0.1) is 12.3 Å². The van der Waals surface area contributed by atoms with Crippen molar-refractivity contribution in [3.05, 3.63) is 35.6 Å². The first kappa shape index (κ1) is 18.4. The van der Waals surface area contributed by atoms with Gasteiger partial charge in [0.1, 0.15) is 5.82 Å². The lowest BCUT2D eigenvalue weighted by Gasteiger charge is -2.25. The van der Waals surface area contributed by atoms with Crippen molar-refractivity contribution in [1.29, 1.82) is 0 Å². The van der Waals surface area contributed by atoms with Crippen LogP contribution in [0.2, 0.25) is 0 Å². The summed E-state index contributed by atoms with van der Waals surface area (Å²) in [6.07, 6.45) is 1.58. The normalized spacial score (nSPS) is 12.7. The maximum Gasteiger partial charge on any atom is 0.317 e. The molecule has 8 heteroatoms. The molecule has 2 N–H and O–H groups in total. The molecule has 1 atom stereocenters. The summed E-state index contributed by atoms with van der Waals surface area (Å²) in [5, 5.41) is 2.71. The summed E-state index contributed by atoms with van der Waals surface area (Å²) in [6, 6.07) is 5.52. The molecule has 0 radical (unpaired) electrons. The average molecular weight is 331 g/mol. The Morgan fingerprint density at radius 3 is 2.41 bits per heavy atom. The molecule has 1 unspecified atom stereocenters. The molecule has 124 valence electrons. The molecule has 0 aliphatic rings. The van der Waals surface area contributed by atoms with Gasteiger partial charge in [-0.25, -0.2) is 22.3 Å². The average Bonchev–Trinajstić information content (AvgIpc) is 2.44. The lowest BCUT2D eigenvalue weighted by molar-refractivity contribution is 0.194. The highest BCUT2D eigenvalue weighted by Crippen LogP contribution is 2.18. The number of carbonyl (C=O) groups excluding carboxylic acids is 1. The molecular formula is C14H22FN3O3S. The number of hydrogen-bond acceptors (Lipinski definition) is 3. The maximum atomic E-state index is 12.9. The van der Waals surface area contributed by atoms with Crippen LogP contribution in [0.15, 0.2) is 24.3 Å². The molecule has 0 aliphatic carbocycles. The van der Waals surface area contributed by atoms with Crippen LogP contribution >= 0.6 is 0 Å². The molecular weight excluding hydrogens is 309 g/mol. The Hall–Kier alpha value is -1.67. The van der Waals surface area contributed by atoms with Crippen LogP contribution in [-0.4, -0.2) is 45.7 Å². The molecule has 2 amide bonds.